The molecule has 0 bridgehead atoms. The fourth-order valence-electron chi connectivity index (χ4n) is 2.88. The Morgan fingerprint density at radius 3 is 2.44 bits per heavy atom. The largest absolute Gasteiger partial charge is 0.353 e. The monoisotopic (exact) mass is 367 g/mol. The SMILES string of the molecule is CC[C@H](C)NC(=O)CN1CCN(S(=O)(=O)c2cc(C)ccc2C)CC1. The molecule has 0 aliphatic carbocycles. The minimum Gasteiger partial charge on any atom is -0.353 e. The lowest BCUT2D eigenvalue weighted by Gasteiger charge is -2.34. The summed E-state index contributed by atoms with van der Waals surface area (Å²) in [6.45, 7) is 10.00. The molecule has 0 aromatic heterocycles. The van der Waals surface area contributed by atoms with Gasteiger partial charge in [-0.25, -0.2) is 8.42 Å². The van der Waals surface area contributed by atoms with E-state index >= 15 is 0 Å². The first-order valence-electron chi connectivity index (χ1n) is 8.83. The van der Waals surface area contributed by atoms with Crippen molar-refractivity contribution in [3.05, 3.63) is 29.3 Å². The lowest BCUT2D eigenvalue weighted by atomic mass is 10.2. The lowest BCUT2D eigenvalue weighted by molar-refractivity contribution is -0.123. The summed E-state index contributed by atoms with van der Waals surface area (Å²) in [4.78, 5) is 14.4. The average Bonchev–Trinajstić information content (AvgIpc) is 2.57. The molecule has 1 saturated heterocycles. The van der Waals surface area contributed by atoms with Crippen LogP contribution in [0.2, 0.25) is 0 Å². The van der Waals surface area contributed by atoms with Gasteiger partial charge in [-0.1, -0.05) is 19.1 Å². The number of rotatable bonds is 6. The van der Waals surface area contributed by atoms with Gasteiger partial charge in [-0.3, -0.25) is 9.69 Å². The molecule has 0 saturated carbocycles. The molecule has 0 unspecified atom stereocenters. The number of carbonyl (C=O) groups excluding carboxylic acids is 1. The van der Waals surface area contributed by atoms with E-state index in [-0.39, 0.29) is 11.9 Å². The Hall–Kier alpha value is -1.44. The number of nitrogens with zero attached hydrogens (tertiary/aromatic N) is 2. The van der Waals surface area contributed by atoms with Crippen LogP contribution in [0.3, 0.4) is 0 Å². The smallest absolute Gasteiger partial charge is 0.243 e. The van der Waals surface area contributed by atoms with Crippen LogP contribution in [0, 0.1) is 13.8 Å². The maximum Gasteiger partial charge on any atom is 0.243 e. The molecule has 1 aliphatic rings. The molecule has 25 heavy (non-hydrogen) atoms. The van der Waals surface area contributed by atoms with Crippen molar-refractivity contribution in [1.29, 1.82) is 0 Å². The fraction of sp³-hybridized carbons (Fsp3) is 0.611. The summed E-state index contributed by atoms with van der Waals surface area (Å²) in [5.74, 6) is 0.000172. The van der Waals surface area contributed by atoms with E-state index in [1.807, 2.05) is 44.7 Å². The summed E-state index contributed by atoms with van der Waals surface area (Å²) in [6, 6.07) is 5.66. The van der Waals surface area contributed by atoms with Crippen LogP contribution < -0.4 is 5.32 Å². The van der Waals surface area contributed by atoms with Crippen molar-refractivity contribution in [2.24, 2.45) is 0 Å². The van der Waals surface area contributed by atoms with Gasteiger partial charge in [0.1, 0.15) is 0 Å². The summed E-state index contributed by atoms with van der Waals surface area (Å²) in [5.41, 5.74) is 1.70. The van der Waals surface area contributed by atoms with Gasteiger partial charge in [-0.05, 0) is 44.4 Å². The van der Waals surface area contributed by atoms with Crippen LogP contribution in [0.15, 0.2) is 23.1 Å². The van der Waals surface area contributed by atoms with Gasteiger partial charge in [0.15, 0.2) is 0 Å². The van der Waals surface area contributed by atoms with Crippen LogP contribution in [0.1, 0.15) is 31.4 Å². The number of hydrogen-bond acceptors (Lipinski definition) is 4. The molecule has 140 valence electrons. The third kappa shape index (κ3) is 5.03. The summed E-state index contributed by atoms with van der Waals surface area (Å²) < 4.78 is 27.3. The van der Waals surface area contributed by atoms with Gasteiger partial charge in [0, 0.05) is 32.2 Å². The van der Waals surface area contributed by atoms with Crippen molar-refractivity contribution >= 4 is 15.9 Å². The van der Waals surface area contributed by atoms with E-state index in [1.54, 1.807) is 6.07 Å². The maximum absolute atomic E-state index is 12.9. The second-order valence-electron chi connectivity index (χ2n) is 6.83. The minimum atomic E-state index is -3.48. The Bertz CT molecular complexity index is 710. The van der Waals surface area contributed by atoms with E-state index in [2.05, 4.69) is 5.32 Å². The van der Waals surface area contributed by atoms with E-state index in [0.717, 1.165) is 17.5 Å². The van der Waals surface area contributed by atoms with Crippen LogP contribution in [-0.4, -0.2) is 62.3 Å². The molecule has 1 N–H and O–H groups in total. The van der Waals surface area contributed by atoms with E-state index in [0.29, 0.717) is 37.6 Å². The zero-order chi connectivity index (χ0) is 18.6. The van der Waals surface area contributed by atoms with Gasteiger partial charge < -0.3 is 5.32 Å². The van der Waals surface area contributed by atoms with Gasteiger partial charge in [-0.2, -0.15) is 4.31 Å². The third-order valence-electron chi connectivity index (χ3n) is 4.68. The van der Waals surface area contributed by atoms with Crippen molar-refractivity contribution in [3.63, 3.8) is 0 Å². The Morgan fingerprint density at radius 2 is 1.84 bits per heavy atom. The molecule has 1 heterocycles. The Labute approximate surface area is 151 Å². The number of benzene rings is 1. The molecule has 1 atom stereocenters. The molecule has 1 aromatic rings. The van der Waals surface area contributed by atoms with E-state index in [4.69, 9.17) is 0 Å². The summed E-state index contributed by atoms with van der Waals surface area (Å²) in [6.07, 6.45) is 0.896. The predicted octanol–water partition coefficient (Wildman–Crippen LogP) is 1.52. The zero-order valence-corrected chi connectivity index (χ0v) is 16.4. The van der Waals surface area contributed by atoms with Gasteiger partial charge in [0.2, 0.25) is 15.9 Å². The normalized spacial score (nSPS) is 18.1. The summed E-state index contributed by atoms with van der Waals surface area (Å²) >= 11 is 0. The van der Waals surface area contributed by atoms with Crippen LogP contribution in [-0.2, 0) is 14.8 Å². The lowest BCUT2D eigenvalue weighted by Crippen LogP contribution is -2.51. The highest BCUT2D eigenvalue weighted by atomic mass is 32.2. The van der Waals surface area contributed by atoms with Crippen molar-refractivity contribution < 1.29 is 13.2 Å². The number of nitrogens with one attached hydrogen (secondary N) is 1. The highest BCUT2D eigenvalue weighted by Gasteiger charge is 2.30. The topological polar surface area (TPSA) is 69.7 Å². The molecular weight excluding hydrogens is 338 g/mol. The first kappa shape index (κ1) is 19.9. The Kier molecular flexibility index (Phi) is 6.59. The highest BCUT2D eigenvalue weighted by Crippen LogP contribution is 2.22. The molecule has 0 radical (unpaired) electrons. The number of sulfonamides is 1. The number of piperazine rings is 1. The molecule has 1 fully saturated rings. The standard InChI is InChI=1S/C18H29N3O3S/c1-5-16(4)19-18(22)13-20-8-10-21(11-9-20)25(23,24)17-12-14(2)6-7-15(17)3/h6-7,12,16H,5,8-11,13H2,1-4H3,(H,19,22)/t16-/m0/s1. The molecule has 1 aliphatic heterocycles. The van der Waals surface area contributed by atoms with Crippen molar-refractivity contribution in [2.75, 3.05) is 32.7 Å². The third-order valence-corrected chi connectivity index (χ3v) is 6.72. The van der Waals surface area contributed by atoms with E-state index in [9.17, 15) is 13.2 Å². The quantitative estimate of drug-likeness (QED) is 0.828. The number of amides is 1. The second kappa shape index (κ2) is 8.29. The van der Waals surface area contributed by atoms with E-state index < -0.39 is 10.0 Å². The maximum atomic E-state index is 12.9. The highest BCUT2D eigenvalue weighted by molar-refractivity contribution is 7.89. The van der Waals surface area contributed by atoms with Crippen molar-refractivity contribution in [3.8, 4) is 0 Å². The van der Waals surface area contributed by atoms with Gasteiger partial charge >= 0.3 is 0 Å². The molecular formula is C18H29N3O3S. The molecule has 0 spiro atoms. The van der Waals surface area contributed by atoms with Crippen LogP contribution in [0.25, 0.3) is 0 Å². The summed E-state index contributed by atoms with van der Waals surface area (Å²) in [7, 11) is -3.48. The van der Waals surface area contributed by atoms with Gasteiger partial charge in [-0.15, -0.1) is 0 Å². The Balaban J connectivity index is 1.97. The van der Waals surface area contributed by atoms with Crippen molar-refractivity contribution in [2.45, 2.75) is 45.1 Å². The number of hydrogen-bond donors (Lipinski definition) is 1. The Morgan fingerprint density at radius 1 is 1.20 bits per heavy atom. The molecule has 1 amide bonds. The molecule has 6 nitrogen and oxygen atoms in total. The van der Waals surface area contributed by atoms with Crippen LogP contribution >= 0.6 is 0 Å². The zero-order valence-electron chi connectivity index (χ0n) is 15.6. The molecule has 2 rings (SSSR count). The minimum absolute atomic E-state index is 0.000172. The average molecular weight is 368 g/mol. The first-order chi connectivity index (χ1) is 11.7. The number of aryl methyl sites for hydroxylation is 2. The number of carbonyl (C=O) groups is 1. The summed E-state index contributed by atoms with van der Waals surface area (Å²) in [5, 5.41) is 2.95. The molecule has 7 heteroatoms. The first-order valence-corrected chi connectivity index (χ1v) is 10.3. The van der Waals surface area contributed by atoms with E-state index in [1.165, 1.54) is 4.31 Å². The van der Waals surface area contributed by atoms with Gasteiger partial charge in [0.05, 0.1) is 11.4 Å². The predicted molar refractivity (Wildman–Crippen MR) is 99.0 cm³/mol. The van der Waals surface area contributed by atoms with Crippen molar-refractivity contribution in [1.82, 2.24) is 14.5 Å². The second-order valence-corrected chi connectivity index (χ2v) is 8.73. The van der Waals surface area contributed by atoms with Crippen LogP contribution in [0.4, 0.5) is 0 Å². The fourth-order valence-corrected chi connectivity index (χ4v) is 4.61. The van der Waals surface area contributed by atoms with Crippen LogP contribution in [0.5, 0.6) is 0 Å². The molecule has 1 aromatic carbocycles. The van der Waals surface area contributed by atoms with Gasteiger partial charge in [0.25, 0.3) is 0 Å².